The molecular formula is C15H19NO2. The van der Waals surface area contributed by atoms with Crippen molar-refractivity contribution in [2.24, 2.45) is 0 Å². The van der Waals surface area contributed by atoms with Gasteiger partial charge in [0.2, 0.25) is 0 Å². The van der Waals surface area contributed by atoms with Crippen molar-refractivity contribution < 1.29 is 9.84 Å². The first kappa shape index (κ1) is 12.9. The highest BCUT2D eigenvalue weighted by Crippen LogP contribution is 2.28. The van der Waals surface area contributed by atoms with Crippen LogP contribution in [-0.2, 0) is 6.54 Å². The van der Waals surface area contributed by atoms with Crippen molar-refractivity contribution in [3.63, 3.8) is 0 Å². The molecular weight excluding hydrogens is 226 g/mol. The lowest BCUT2D eigenvalue weighted by Gasteiger charge is -2.14. The molecule has 0 unspecified atom stereocenters. The molecule has 0 aromatic heterocycles. The van der Waals surface area contributed by atoms with Crippen LogP contribution in [0.25, 0.3) is 10.8 Å². The van der Waals surface area contributed by atoms with Gasteiger partial charge in [-0.05, 0) is 23.9 Å². The van der Waals surface area contributed by atoms with Crippen LogP contribution in [0, 0.1) is 0 Å². The number of fused-ring (bicyclic) bond motifs is 1. The van der Waals surface area contributed by atoms with E-state index in [1.807, 2.05) is 25.1 Å². The average Bonchev–Trinajstić information content (AvgIpc) is 2.44. The molecule has 0 spiro atoms. The zero-order valence-corrected chi connectivity index (χ0v) is 10.8. The highest BCUT2D eigenvalue weighted by Gasteiger charge is 2.06. The summed E-state index contributed by atoms with van der Waals surface area (Å²) in [5, 5.41) is 14.6. The summed E-state index contributed by atoms with van der Waals surface area (Å²) in [5.41, 5.74) is 1.21. The van der Waals surface area contributed by atoms with Gasteiger partial charge in [-0.3, -0.25) is 0 Å². The summed E-state index contributed by atoms with van der Waals surface area (Å²) in [5.74, 6) is 0.893. The second-order valence-corrected chi connectivity index (χ2v) is 4.44. The number of methoxy groups -OCH3 is 1. The van der Waals surface area contributed by atoms with Crippen LogP contribution in [0.5, 0.6) is 5.75 Å². The zero-order valence-electron chi connectivity index (χ0n) is 10.8. The summed E-state index contributed by atoms with van der Waals surface area (Å²) < 4.78 is 5.37. The molecule has 0 saturated carbocycles. The second kappa shape index (κ2) is 5.85. The Morgan fingerprint density at radius 3 is 2.56 bits per heavy atom. The van der Waals surface area contributed by atoms with Crippen LogP contribution >= 0.6 is 0 Å². The number of hydrogen-bond donors (Lipinski definition) is 2. The van der Waals surface area contributed by atoms with E-state index >= 15 is 0 Å². The summed E-state index contributed by atoms with van der Waals surface area (Å²) >= 11 is 0. The van der Waals surface area contributed by atoms with E-state index in [-0.39, 0.29) is 12.6 Å². The molecule has 0 bridgehead atoms. The lowest BCUT2D eigenvalue weighted by molar-refractivity contribution is 0.251. The van der Waals surface area contributed by atoms with Gasteiger partial charge in [0.05, 0.1) is 13.7 Å². The summed E-state index contributed by atoms with van der Waals surface area (Å²) in [6, 6.07) is 12.4. The molecule has 0 aliphatic rings. The maximum absolute atomic E-state index is 9.03. The predicted octanol–water partition coefficient (Wildman–Crippen LogP) is 2.32. The Balaban J connectivity index is 2.34. The molecule has 0 radical (unpaired) electrons. The molecule has 3 nitrogen and oxygen atoms in total. The van der Waals surface area contributed by atoms with Crippen molar-refractivity contribution in [1.29, 1.82) is 0 Å². The molecule has 2 N–H and O–H groups in total. The van der Waals surface area contributed by atoms with Gasteiger partial charge in [-0.15, -0.1) is 0 Å². The molecule has 0 fully saturated rings. The van der Waals surface area contributed by atoms with E-state index in [1.165, 1.54) is 10.9 Å². The van der Waals surface area contributed by atoms with Gasteiger partial charge in [-0.1, -0.05) is 30.3 Å². The van der Waals surface area contributed by atoms with E-state index in [4.69, 9.17) is 9.84 Å². The fourth-order valence-electron chi connectivity index (χ4n) is 2.01. The van der Waals surface area contributed by atoms with Crippen LogP contribution in [0.15, 0.2) is 36.4 Å². The molecule has 0 aliphatic heterocycles. The topological polar surface area (TPSA) is 41.5 Å². The Bertz CT molecular complexity index is 525. The van der Waals surface area contributed by atoms with Gasteiger partial charge in [0, 0.05) is 18.0 Å². The van der Waals surface area contributed by atoms with E-state index in [9.17, 15) is 0 Å². The lowest BCUT2D eigenvalue weighted by atomic mass is 10.0. The van der Waals surface area contributed by atoms with Crippen LogP contribution in [0.2, 0.25) is 0 Å². The molecule has 96 valence electrons. The van der Waals surface area contributed by atoms with Crippen molar-refractivity contribution in [3.05, 3.63) is 42.0 Å². The molecule has 3 heteroatoms. The molecule has 2 aromatic carbocycles. The number of nitrogens with one attached hydrogen (secondary N) is 1. The molecule has 0 saturated heterocycles. The average molecular weight is 245 g/mol. The van der Waals surface area contributed by atoms with Crippen molar-refractivity contribution in [3.8, 4) is 5.75 Å². The zero-order chi connectivity index (χ0) is 13.0. The molecule has 0 aliphatic carbocycles. The van der Waals surface area contributed by atoms with Gasteiger partial charge >= 0.3 is 0 Å². The summed E-state index contributed by atoms with van der Waals surface area (Å²) in [4.78, 5) is 0. The maximum atomic E-state index is 9.03. The Morgan fingerprint density at radius 1 is 1.17 bits per heavy atom. The van der Waals surface area contributed by atoms with E-state index < -0.39 is 0 Å². The number of benzene rings is 2. The Kier molecular flexibility index (Phi) is 4.18. The minimum absolute atomic E-state index is 0.103. The Morgan fingerprint density at radius 2 is 1.89 bits per heavy atom. The minimum Gasteiger partial charge on any atom is -0.496 e. The molecule has 2 aromatic rings. The van der Waals surface area contributed by atoms with Crippen molar-refractivity contribution in [2.75, 3.05) is 13.7 Å². The second-order valence-electron chi connectivity index (χ2n) is 4.44. The van der Waals surface area contributed by atoms with Gasteiger partial charge < -0.3 is 15.2 Å². The van der Waals surface area contributed by atoms with Crippen molar-refractivity contribution >= 4 is 10.8 Å². The van der Waals surface area contributed by atoms with Gasteiger partial charge in [0.25, 0.3) is 0 Å². The van der Waals surface area contributed by atoms with Gasteiger partial charge in [-0.2, -0.15) is 0 Å². The summed E-state index contributed by atoms with van der Waals surface area (Å²) in [7, 11) is 1.69. The maximum Gasteiger partial charge on any atom is 0.126 e. The van der Waals surface area contributed by atoms with Gasteiger partial charge in [0.1, 0.15) is 5.75 Å². The quantitative estimate of drug-likeness (QED) is 0.849. The summed E-state index contributed by atoms with van der Waals surface area (Å²) in [6.07, 6.45) is 0. The lowest BCUT2D eigenvalue weighted by Crippen LogP contribution is -2.28. The first-order valence-corrected chi connectivity index (χ1v) is 6.15. The monoisotopic (exact) mass is 245 g/mol. The molecule has 0 amide bonds. The van der Waals surface area contributed by atoms with E-state index in [2.05, 4.69) is 23.5 Å². The van der Waals surface area contributed by atoms with E-state index in [1.54, 1.807) is 7.11 Å². The number of aliphatic hydroxyl groups is 1. The molecule has 2 rings (SSSR count). The van der Waals surface area contributed by atoms with Crippen LogP contribution in [0.4, 0.5) is 0 Å². The standard InChI is InChI=1S/C15H19NO2/c1-11(10-17)16-9-12-7-8-15(18-2)14-6-4-3-5-13(12)14/h3-8,11,16-17H,9-10H2,1-2H3/t11-/m1/s1. The smallest absolute Gasteiger partial charge is 0.126 e. The number of aliphatic hydroxyl groups excluding tert-OH is 1. The highest BCUT2D eigenvalue weighted by molar-refractivity contribution is 5.91. The van der Waals surface area contributed by atoms with E-state index in [0.29, 0.717) is 0 Å². The predicted molar refractivity (Wildman–Crippen MR) is 73.9 cm³/mol. The minimum atomic E-state index is 0.103. The third-order valence-electron chi connectivity index (χ3n) is 3.11. The first-order chi connectivity index (χ1) is 8.76. The van der Waals surface area contributed by atoms with Crippen LogP contribution < -0.4 is 10.1 Å². The number of rotatable bonds is 5. The fraction of sp³-hybridized carbons (Fsp3) is 0.333. The highest BCUT2D eigenvalue weighted by atomic mass is 16.5. The third kappa shape index (κ3) is 2.63. The number of hydrogen-bond acceptors (Lipinski definition) is 3. The van der Waals surface area contributed by atoms with Crippen LogP contribution in [0.1, 0.15) is 12.5 Å². The largest absolute Gasteiger partial charge is 0.496 e. The first-order valence-electron chi connectivity index (χ1n) is 6.15. The Labute approximate surface area is 107 Å². The Hall–Kier alpha value is -1.58. The third-order valence-corrected chi connectivity index (χ3v) is 3.11. The van der Waals surface area contributed by atoms with Gasteiger partial charge in [0.15, 0.2) is 0 Å². The van der Waals surface area contributed by atoms with Crippen LogP contribution in [-0.4, -0.2) is 24.9 Å². The van der Waals surface area contributed by atoms with Crippen molar-refractivity contribution in [2.45, 2.75) is 19.5 Å². The SMILES string of the molecule is COc1ccc(CN[C@H](C)CO)c2ccccc12. The van der Waals surface area contributed by atoms with Gasteiger partial charge in [-0.25, -0.2) is 0 Å². The molecule has 1 atom stereocenters. The molecule has 0 heterocycles. The van der Waals surface area contributed by atoms with Crippen molar-refractivity contribution in [1.82, 2.24) is 5.32 Å². The molecule has 18 heavy (non-hydrogen) atoms. The summed E-state index contributed by atoms with van der Waals surface area (Å²) in [6.45, 7) is 2.85. The van der Waals surface area contributed by atoms with E-state index in [0.717, 1.165) is 17.7 Å². The fourth-order valence-corrected chi connectivity index (χ4v) is 2.01. The normalized spacial score (nSPS) is 12.6. The number of ether oxygens (including phenoxy) is 1. The van der Waals surface area contributed by atoms with Crippen LogP contribution in [0.3, 0.4) is 0 Å².